The fourth-order valence-electron chi connectivity index (χ4n) is 3.15. The van der Waals surface area contributed by atoms with Crippen molar-refractivity contribution in [3.05, 3.63) is 28.7 Å². The lowest BCUT2D eigenvalue weighted by Crippen LogP contribution is -2.40. The van der Waals surface area contributed by atoms with Crippen LogP contribution in [0, 0.1) is 5.41 Å². The lowest BCUT2D eigenvalue weighted by molar-refractivity contribution is 0.131. The molecule has 2 nitrogen and oxygen atoms in total. The van der Waals surface area contributed by atoms with Gasteiger partial charge < -0.3 is 10.1 Å². The molecule has 0 amide bonds. The average molecular weight is 354 g/mol. The Morgan fingerprint density at radius 2 is 1.81 bits per heavy atom. The monoisotopic (exact) mass is 353 g/mol. The zero-order valence-corrected chi connectivity index (χ0v) is 14.9. The van der Waals surface area contributed by atoms with Gasteiger partial charge in [0.1, 0.15) is 5.75 Å². The second-order valence-corrected chi connectivity index (χ2v) is 7.56. The Bertz CT molecular complexity index is 410. The highest BCUT2D eigenvalue weighted by molar-refractivity contribution is 9.10. The minimum atomic E-state index is 0.442. The molecule has 0 heterocycles. The Labute approximate surface area is 137 Å². The summed E-state index contributed by atoms with van der Waals surface area (Å²) in [6.07, 6.45) is 7.99. The van der Waals surface area contributed by atoms with Crippen molar-refractivity contribution in [2.75, 3.05) is 13.2 Å². The highest BCUT2D eigenvalue weighted by Crippen LogP contribution is 2.39. The summed E-state index contributed by atoms with van der Waals surface area (Å²) in [5.41, 5.74) is 0.442. The first-order valence-electron chi connectivity index (χ1n) is 8.21. The van der Waals surface area contributed by atoms with Crippen molar-refractivity contribution in [1.82, 2.24) is 5.32 Å². The first kappa shape index (κ1) is 16.8. The van der Waals surface area contributed by atoms with E-state index in [-0.39, 0.29) is 0 Å². The molecule has 0 unspecified atom stereocenters. The number of hydrogen-bond donors (Lipinski definition) is 1. The van der Waals surface area contributed by atoms with E-state index in [1.165, 1.54) is 32.1 Å². The zero-order chi connectivity index (χ0) is 15.1. The standard InChI is InChI=1S/C18H28BrNO/c1-15(2)20-14-18(10-4-3-5-11-18)12-13-21-17-8-6-16(19)7-9-17/h6-9,15,20H,3-5,10-14H2,1-2H3. The van der Waals surface area contributed by atoms with Gasteiger partial charge in [0.25, 0.3) is 0 Å². The van der Waals surface area contributed by atoms with Crippen LogP contribution in [0.4, 0.5) is 0 Å². The predicted molar refractivity (Wildman–Crippen MR) is 92.9 cm³/mol. The van der Waals surface area contributed by atoms with Crippen molar-refractivity contribution in [3.8, 4) is 5.75 Å². The van der Waals surface area contributed by atoms with E-state index in [4.69, 9.17) is 4.74 Å². The van der Waals surface area contributed by atoms with E-state index in [9.17, 15) is 0 Å². The fraction of sp³-hybridized carbons (Fsp3) is 0.667. The number of ether oxygens (including phenoxy) is 1. The Morgan fingerprint density at radius 3 is 2.43 bits per heavy atom. The van der Waals surface area contributed by atoms with E-state index < -0.39 is 0 Å². The van der Waals surface area contributed by atoms with Gasteiger partial charge in [-0.25, -0.2) is 0 Å². The maximum absolute atomic E-state index is 5.95. The van der Waals surface area contributed by atoms with Gasteiger partial charge in [-0.1, -0.05) is 49.0 Å². The molecule has 1 saturated carbocycles. The molecule has 0 saturated heterocycles. The van der Waals surface area contributed by atoms with Gasteiger partial charge in [-0.2, -0.15) is 0 Å². The molecule has 1 aromatic carbocycles. The Hall–Kier alpha value is -0.540. The maximum Gasteiger partial charge on any atom is 0.119 e. The van der Waals surface area contributed by atoms with E-state index in [2.05, 4.69) is 35.1 Å². The van der Waals surface area contributed by atoms with Gasteiger partial charge in [0.15, 0.2) is 0 Å². The van der Waals surface area contributed by atoms with E-state index in [1.807, 2.05) is 24.3 Å². The van der Waals surface area contributed by atoms with Crippen LogP contribution in [0.25, 0.3) is 0 Å². The maximum atomic E-state index is 5.95. The van der Waals surface area contributed by atoms with Gasteiger partial charge in [-0.05, 0) is 48.9 Å². The van der Waals surface area contributed by atoms with Crippen LogP contribution in [0.3, 0.4) is 0 Å². The van der Waals surface area contributed by atoms with E-state index in [0.717, 1.165) is 29.8 Å². The largest absolute Gasteiger partial charge is 0.494 e. The topological polar surface area (TPSA) is 21.3 Å². The lowest BCUT2D eigenvalue weighted by Gasteiger charge is -2.38. The third-order valence-electron chi connectivity index (χ3n) is 4.51. The quantitative estimate of drug-likeness (QED) is 0.730. The van der Waals surface area contributed by atoms with Crippen LogP contribution >= 0.6 is 15.9 Å². The van der Waals surface area contributed by atoms with Gasteiger partial charge in [0.05, 0.1) is 6.61 Å². The smallest absolute Gasteiger partial charge is 0.119 e. The third kappa shape index (κ3) is 5.63. The summed E-state index contributed by atoms with van der Waals surface area (Å²) in [7, 11) is 0. The van der Waals surface area contributed by atoms with Crippen LogP contribution in [0.2, 0.25) is 0 Å². The molecule has 0 atom stereocenters. The molecule has 0 aliphatic heterocycles. The van der Waals surface area contributed by atoms with Crippen LogP contribution in [-0.2, 0) is 0 Å². The van der Waals surface area contributed by atoms with E-state index in [0.29, 0.717) is 11.5 Å². The molecular weight excluding hydrogens is 326 g/mol. The summed E-state index contributed by atoms with van der Waals surface area (Å²) >= 11 is 3.45. The van der Waals surface area contributed by atoms with Crippen LogP contribution in [0.1, 0.15) is 52.4 Å². The molecule has 1 aromatic rings. The summed E-state index contributed by atoms with van der Waals surface area (Å²) in [6, 6.07) is 8.70. The molecule has 118 valence electrons. The van der Waals surface area contributed by atoms with Gasteiger partial charge in [0.2, 0.25) is 0 Å². The first-order chi connectivity index (χ1) is 10.1. The van der Waals surface area contributed by atoms with Gasteiger partial charge in [-0.3, -0.25) is 0 Å². The molecule has 1 N–H and O–H groups in total. The number of hydrogen-bond acceptors (Lipinski definition) is 2. The molecule has 3 heteroatoms. The molecule has 1 fully saturated rings. The highest BCUT2D eigenvalue weighted by atomic mass is 79.9. The Kier molecular flexibility index (Phi) is 6.56. The zero-order valence-electron chi connectivity index (χ0n) is 13.3. The SMILES string of the molecule is CC(C)NCC1(CCOc2ccc(Br)cc2)CCCCC1. The normalized spacial score (nSPS) is 17.9. The molecule has 1 aliphatic rings. The molecule has 21 heavy (non-hydrogen) atoms. The van der Waals surface area contributed by atoms with Crippen LogP contribution in [0.5, 0.6) is 5.75 Å². The van der Waals surface area contributed by atoms with Crippen molar-refractivity contribution in [3.63, 3.8) is 0 Å². The molecule has 2 rings (SSSR count). The van der Waals surface area contributed by atoms with Crippen LogP contribution < -0.4 is 10.1 Å². The minimum Gasteiger partial charge on any atom is -0.494 e. The number of rotatable bonds is 7. The average Bonchev–Trinajstić information content (AvgIpc) is 2.48. The highest BCUT2D eigenvalue weighted by Gasteiger charge is 2.31. The molecular formula is C18H28BrNO. The van der Waals surface area contributed by atoms with Gasteiger partial charge in [-0.15, -0.1) is 0 Å². The van der Waals surface area contributed by atoms with Crippen molar-refractivity contribution < 1.29 is 4.74 Å². The Morgan fingerprint density at radius 1 is 1.14 bits per heavy atom. The second-order valence-electron chi connectivity index (χ2n) is 6.65. The van der Waals surface area contributed by atoms with Crippen molar-refractivity contribution in [1.29, 1.82) is 0 Å². The second kappa shape index (κ2) is 8.19. The summed E-state index contributed by atoms with van der Waals surface area (Å²) in [4.78, 5) is 0. The predicted octanol–water partition coefficient (Wildman–Crippen LogP) is 5.17. The number of nitrogens with one attached hydrogen (secondary N) is 1. The van der Waals surface area contributed by atoms with Crippen LogP contribution in [0.15, 0.2) is 28.7 Å². The summed E-state index contributed by atoms with van der Waals surface area (Å²) in [5.74, 6) is 0.973. The van der Waals surface area contributed by atoms with Crippen molar-refractivity contribution >= 4 is 15.9 Å². The van der Waals surface area contributed by atoms with Gasteiger partial charge in [0, 0.05) is 17.1 Å². The Balaban J connectivity index is 1.84. The molecule has 0 aromatic heterocycles. The van der Waals surface area contributed by atoms with Crippen molar-refractivity contribution in [2.45, 2.75) is 58.4 Å². The number of benzene rings is 1. The summed E-state index contributed by atoms with van der Waals surface area (Å²) in [6.45, 7) is 6.42. The molecule has 1 aliphatic carbocycles. The molecule has 0 spiro atoms. The first-order valence-corrected chi connectivity index (χ1v) is 9.01. The van der Waals surface area contributed by atoms with E-state index >= 15 is 0 Å². The van der Waals surface area contributed by atoms with E-state index in [1.54, 1.807) is 0 Å². The minimum absolute atomic E-state index is 0.442. The molecule has 0 bridgehead atoms. The summed E-state index contributed by atoms with van der Waals surface area (Å²) in [5, 5.41) is 3.65. The fourth-order valence-corrected chi connectivity index (χ4v) is 3.42. The third-order valence-corrected chi connectivity index (χ3v) is 5.04. The van der Waals surface area contributed by atoms with Gasteiger partial charge >= 0.3 is 0 Å². The lowest BCUT2D eigenvalue weighted by atomic mass is 9.72. The van der Waals surface area contributed by atoms with Crippen LogP contribution in [-0.4, -0.2) is 19.2 Å². The van der Waals surface area contributed by atoms with Crippen molar-refractivity contribution in [2.24, 2.45) is 5.41 Å². The summed E-state index contributed by atoms with van der Waals surface area (Å²) < 4.78 is 7.04. The molecule has 0 radical (unpaired) electrons. The number of halogens is 1.